The van der Waals surface area contributed by atoms with Crippen LogP contribution in [0.2, 0.25) is 0 Å². The summed E-state index contributed by atoms with van der Waals surface area (Å²) in [6.45, 7) is 1.78. The molecule has 138 valence electrons. The Morgan fingerprint density at radius 1 is 1.19 bits per heavy atom. The molecule has 2 aromatic rings. The summed E-state index contributed by atoms with van der Waals surface area (Å²) in [5, 5.41) is 3.18. The predicted octanol–water partition coefficient (Wildman–Crippen LogP) is 3.13. The van der Waals surface area contributed by atoms with Gasteiger partial charge in [0.15, 0.2) is 16.7 Å². The minimum absolute atomic E-state index is 0.0369. The topological polar surface area (TPSA) is 90.7 Å². The number of carbonyl (C=O) groups is 2. The predicted molar refractivity (Wildman–Crippen MR) is 95.3 cm³/mol. The van der Waals surface area contributed by atoms with Crippen molar-refractivity contribution in [3.8, 4) is 11.5 Å². The molecule has 8 heteroatoms. The summed E-state index contributed by atoms with van der Waals surface area (Å²) in [4.78, 5) is 30.3. The van der Waals surface area contributed by atoms with Crippen molar-refractivity contribution in [1.29, 1.82) is 0 Å². The van der Waals surface area contributed by atoms with Crippen molar-refractivity contribution in [3.63, 3.8) is 0 Å². The monoisotopic (exact) mass is 376 g/mol. The van der Waals surface area contributed by atoms with E-state index >= 15 is 0 Å². The van der Waals surface area contributed by atoms with Crippen LogP contribution >= 0.6 is 11.3 Å². The number of carbonyl (C=O) groups excluding carboxylic acids is 2. The van der Waals surface area contributed by atoms with Crippen molar-refractivity contribution < 1.29 is 23.5 Å². The number of hydrogen-bond donors (Lipinski definition) is 1. The van der Waals surface area contributed by atoms with Crippen LogP contribution in [0.5, 0.6) is 0 Å². The highest BCUT2D eigenvalue weighted by Crippen LogP contribution is 2.35. The van der Waals surface area contributed by atoms with Gasteiger partial charge in [-0.1, -0.05) is 11.3 Å². The molecule has 2 aromatic heterocycles. The summed E-state index contributed by atoms with van der Waals surface area (Å²) in [5.74, 6) is 0.260. The number of nitrogens with zero attached hydrogens (tertiary/aromatic N) is 1. The summed E-state index contributed by atoms with van der Waals surface area (Å²) < 4.78 is 16.2. The maximum Gasteiger partial charge on any atom is 0.255 e. The molecule has 2 fully saturated rings. The first-order chi connectivity index (χ1) is 12.7. The van der Waals surface area contributed by atoms with E-state index in [1.807, 2.05) is 0 Å². The van der Waals surface area contributed by atoms with E-state index in [1.54, 1.807) is 18.4 Å². The fourth-order valence-electron chi connectivity index (χ4n) is 3.24. The SMILES string of the molecule is O=C(c1sc(NC(=O)C2CCCO2)nc1-c1ccco1)C1CCOCC1. The third kappa shape index (κ3) is 3.58. The molecule has 1 amide bonds. The number of aromatic nitrogens is 1. The van der Waals surface area contributed by atoms with Crippen molar-refractivity contribution in [3.05, 3.63) is 23.3 Å². The number of amides is 1. The molecule has 0 aliphatic carbocycles. The van der Waals surface area contributed by atoms with Gasteiger partial charge in [0.1, 0.15) is 16.7 Å². The molecule has 4 rings (SSSR count). The van der Waals surface area contributed by atoms with Gasteiger partial charge >= 0.3 is 0 Å². The van der Waals surface area contributed by atoms with Gasteiger partial charge in [-0.15, -0.1) is 0 Å². The number of furan rings is 1. The molecule has 26 heavy (non-hydrogen) atoms. The van der Waals surface area contributed by atoms with Gasteiger partial charge in [0.05, 0.1) is 6.26 Å². The van der Waals surface area contributed by atoms with E-state index in [-0.39, 0.29) is 17.6 Å². The molecule has 0 saturated carbocycles. The van der Waals surface area contributed by atoms with E-state index < -0.39 is 6.10 Å². The van der Waals surface area contributed by atoms with Crippen molar-refractivity contribution in [2.75, 3.05) is 25.1 Å². The normalized spacial score (nSPS) is 21.0. The Morgan fingerprint density at radius 2 is 2.04 bits per heavy atom. The van der Waals surface area contributed by atoms with Gasteiger partial charge < -0.3 is 13.9 Å². The highest BCUT2D eigenvalue weighted by molar-refractivity contribution is 7.18. The molecular weight excluding hydrogens is 356 g/mol. The van der Waals surface area contributed by atoms with Gasteiger partial charge in [-0.2, -0.15) is 0 Å². The van der Waals surface area contributed by atoms with Crippen LogP contribution in [0.25, 0.3) is 11.5 Å². The first-order valence-electron chi connectivity index (χ1n) is 8.81. The smallest absolute Gasteiger partial charge is 0.255 e. The van der Waals surface area contributed by atoms with Crippen molar-refractivity contribution in [2.45, 2.75) is 31.8 Å². The molecule has 0 spiro atoms. The van der Waals surface area contributed by atoms with E-state index in [2.05, 4.69) is 10.3 Å². The highest BCUT2D eigenvalue weighted by Gasteiger charge is 2.30. The quantitative estimate of drug-likeness (QED) is 0.806. The Bertz CT molecular complexity index is 774. The second-order valence-electron chi connectivity index (χ2n) is 6.42. The first kappa shape index (κ1) is 17.4. The highest BCUT2D eigenvalue weighted by atomic mass is 32.1. The molecule has 4 heterocycles. The second kappa shape index (κ2) is 7.69. The fraction of sp³-hybridized carbons (Fsp3) is 0.500. The van der Waals surface area contributed by atoms with Gasteiger partial charge in [-0.05, 0) is 37.8 Å². The number of thiazole rings is 1. The summed E-state index contributed by atoms with van der Waals surface area (Å²) in [6, 6.07) is 3.52. The van der Waals surface area contributed by atoms with Crippen LogP contribution in [0.4, 0.5) is 5.13 Å². The molecule has 2 aliphatic rings. The van der Waals surface area contributed by atoms with Gasteiger partial charge in [-0.25, -0.2) is 4.98 Å². The van der Waals surface area contributed by atoms with E-state index in [9.17, 15) is 9.59 Å². The maximum absolute atomic E-state index is 13.0. The average molecular weight is 376 g/mol. The first-order valence-corrected chi connectivity index (χ1v) is 9.63. The lowest BCUT2D eigenvalue weighted by Gasteiger charge is -2.20. The van der Waals surface area contributed by atoms with E-state index in [0.29, 0.717) is 60.5 Å². The molecule has 0 radical (unpaired) electrons. The summed E-state index contributed by atoms with van der Waals surface area (Å²) >= 11 is 1.20. The Kier molecular flexibility index (Phi) is 5.14. The zero-order valence-electron chi connectivity index (χ0n) is 14.2. The van der Waals surface area contributed by atoms with Crippen LogP contribution in [0.15, 0.2) is 22.8 Å². The van der Waals surface area contributed by atoms with Crippen LogP contribution < -0.4 is 5.32 Å². The Labute approximate surface area is 154 Å². The lowest BCUT2D eigenvalue weighted by atomic mass is 9.94. The van der Waals surface area contributed by atoms with Crippen LogP contribution in [-0.2, 0) is 14.3 Å². The Hall–Kier alpha value is -2.03. The number of Topliss-reactive ketones (excluding diaryl/α,β-unsaturated/α-hetero) is 1. The largest absolute Gasteiger partial charge is 0.463 e. The zero-order chi connectivity index (χ0) is 17.9. The molecule has 2 saturated heterocycles. The Morgan fingerprint density at radius 3 is 2.73 bits per heavy atom. The summed E-state index contributed by atoms with van der Waals surface area (Å²) in [6.07, 6.45) is 4.08. The average Bonchev–Trinajstić information content (AvgIpc) is 3.42. The minimum atomic E-state index is -0.444. The fourth-order valence-corrected chi connectivity index (χ4v) is 4.23. The van der Waals surface area contributed by atoms with Gasteiger partial charge in [0.25, 0.3) is 5.91 Å². The van der Waals surface area contributed by atoms with Crippen molar-refractivity contribution in [1.82, 2.24) is 4.98 Å². The van der Waals surface area contributed by atoms with Gasteiger partial charge in [-0.3, -0.25) is 14.9 Å². The van der Waals surface area contributed by atoms with E-state index in [1.165, 1.54) is 11.3 Å². The standard InChI is InChI=1S/C18H20N2O5S/c21-15(11-5-9-23-10-6-11)16-14(12-3-1-7-24-12)19-18(26-16)20-17(22)13-4-2-8-25-13/h1,3,7,11,13H,2,4-6,8-10H2,(H,19,20,22). The minimum Gasteiger partial charge on any atom is -0.463 e. The second-order valence-corrected chi connectivity index (χ2v) is 7.41. The van der Waals surface area contributed by atoms with E-state index in [0.717, 1.165) is 6.42 Å². The molecule has 1 unspecified atom stereocenters. The van der Waals surface area contributed by atoms with Crippen LogP contribution in [0.1, 0.15) is 35.4 Å². The molecule has 0 aromatic carbocycles. The molecule has 7 nitrogen and oxygen atoms in total. The summed E-state index contributed by atoms with van der Waals surface area (Å²) in [5.41, 5.74) is 0.485. The molecule has 1 atom stereocenters. The molecule has 1 N–H and O–H groups in total. The van der Waals surface area contributed by atoms with Gasteiger partial charge in [0.2, 0.25) is 0 Å². The third-order valence-electron chi connectivity index (χ3n) is 4.65. The van der Waals surface area contributed by atoms with Crippen molar-refractivity contribution in [2.24, 2.45) is 5.92 Å². The van der Waals surface area contributed by atoms with Gasteiger partial charge in [0, 0.05) is 25.7 Å². The number of rotatable bonds is 5. The van der Waals surface area contributed by atoms with Crippen LogP contribution in [0.3, 0.4) is 0 Å². The number of nitrogens with one attached hydrogen (secondary N) is 1. The summed E-state index contributed by atoms with van der Waals surface area (Å²) in [7, 11) is 0. The number of anilines is 1. The van der Waals surface area contributed by atoms with Crippen LogP contribution in [0, 0.1) is 5.92 Å². The zero-order valence-corrected chi connectivity index (χ0v) is 15.0. The van der Waals surface area contributed by atoms with Crippen molar-refractivity contribution >= 4 is 28.2 Å². The number of ketones is 1. The maximum atomic E-state index is 13.0. The third-order valence-corrected chi connectivity index (χ3v) is 5.64. The molecule has 2 aliphatic heterocycles. The number of hydrogen-bond acceptors (Lipinski definition) is 7. The lowest BCUT2D eigenvalue weighted by Crippen LogP contribution is -2.26. The molecular formula is C18H20N2O5S. The van der Waals surface area contributed by atoms with Crippen LogP contribution in [-0.4, -0.2) is 42.6 Å². The lowest BCUT2D eigenvalue weighted by molar-refractivity contribution is -0.124. The van der Waals surface area contributed by atoms with E-state index in [4.69, 9.17) is 13.9 Å². The number of ether oxygens (including phenoxy) is 2. The Balaban J connectivity index is 1.60. The molecule has 0 bridgehead atoms.